The Hall–Kier alpha value is -1.81. The molecule has 0 spiro atoms. The highest BCUT2D eigenvalue weighted by Gasteiger charge is 2.21. The molecule has 1 unspecified atom stereocenters. The Bertz CT molecular complexity index is 560. The van der Waals surface area contributed by atoms with Crippen LogP contribution in [0.1, 0.15) is 28.8 Å². The summed E-state index contributed by atoms with van der Waals surface area (Å²) in [4.78, 5) is 0. The number of furan rings is 1. The molecule has 0 aliphatic rings. The first-order valence-electron chi connectivity index (χ1n) is 5.62. The van der Waals surface area contributed by atoms with Crippen molar-refractivity contribution >= 4 is 0 Å². The van der Waals surface area contributed by atoms with Gasteiger partial charge in [-0.3, -0.25) is 0 Å². The summed E-state index contributed by atoms with van der Waals surface area (Å²) in [5, 5.41) is 10.2. The van der Waals surface area contributed by atoms with Gasteiger partial charge in [0.15, 0.2) is 11.6 Å². The third kappa shape index (κ3) is 2.11. The van der Waals surface area contributed by atoms with Gasteiger partial charge >= 0.3 is 0 Å². The predicted octanol–water partition coefficient (Wildman–Crippen LogP) is 3.13. The zero-order valence-electron chi connectivity index (χ0n) is 10.5. The van der Waals surface area contributed by atoms with Gasteiger partial charge in [0.25, 0.3) is 0 Å². The molecule has 0 fully saturated rings. The first-order chi connectivity index (χ1) is 8.54. The van der Waals surface area contributed by atoms with Crippen molar-refractivity contribution < 1.29 is 18.7 Å². The Balaban J connectivity index is 2.46. The van der Waals surface area contributed by atoms with Crippen molar-refractivity contribution in [2.75, 3.05) is 7.11 Å². The van der Waals surface area contributed by atoms with E-state index in [1.165, 1.54) is 19.2 Å². The molecule has 0 saturated carbocycles. The number of methoxy groups -OCH3 is 1. The molecule has 18 heavy (non-hydrogen) atoms. The number of benzene rings is 1. The molecule has 0 saturated heterocycles. The van der Waals surface area contributed by atoms with Crippen molar-refractivity contribution in [3.05, 3.63) is 52.7 Å². The van der Waals surface area contributed by atoms with Crippen LogP contribution in [0.5, 0.6) is 5.75 Å². The van der Waals surface area contributed by atoms with Crippen molar-refractivity contribution in [2.45, 2.75) is 20.0 Å². The maximum atomic E-state index is 14.0. The first-order valence-corrected chi connectivity index (χ1v) is 5.62. The highest BCUT2D eigenvalue weighted by atomic mass is 19.1. The minimum absolute atomic E-state index is 0.115. The normalized spacial score (nSPS) is 12.5. The number of hydrogen-bond donors (Lipinski definition) is 1. The maximum Gasteiger partial charge on any atom is 0.171 e. The Morgan fingerprint density at radius 2 is 2.00 bits per heavy atom. The zero-order chi connectivity index (χ0) is 13.3. The second-order valence-corrected chi connectivity index (χ2v) is 4.13. The van der Waals surface area contributed by atoms with Gasteiger partial charge in [-0.05, 0) is 26.0 Å². The average Bonchev–Trinajstić information content (AvgIpc) is 2.68. The molecular formula is C14H15FO3. The number of hydrogen-bond acceptors (Lipinski definition) is 3. The van der Waals surface area contributed by atoms with E-state index in [0.29, 0.717) is 17.1 Å². The van der Waals surface area contributed by atoms with Crippen LogP contribution in [0.4, 0.5) is 4.39 Å². The summed E-state index contributed by atoms with van der Waals surface area (Å²) in [5.74, 6) is 0.835. The monoisotopic (exact) mass is 250 g/mol. The van der Waals surface area contributed by atoms with Crippen LogP contribution >= 0.6 is 0 Å². The van der Waals surface area contributed by atoms with Crippen LogP contribution in [0, 0.1) is 19.7 Å². The molecule has 0 bridgehead atoms. The van der Waals surface area contributed by atoms with E-state index >= 15 is 0 Å². The van der Waals surface area contributed by atoms with Crippen LogP contribution in [-0.4, -0.2) is 12.2 Å². The van der Waals surface area contributed by atoms with Crippen LogP contribution in [0.3, 0.4) is 0 Å². The number of aryl methyl sites for hydroxylation is 2. The molecule has 0 aliphatic carbocycles. The fourth-order valence-corrected chi connectivity index (χ4v) is 1.99. The van der Waals surface area contributed by atoms with Gasteiger partial charge < -0.3 is 14.3 Å². The van der Waals surface area contributed by atoms with Crippen molar-refractivity contribution in [1.82, 2.24) is 0 Å². The lowest BCUT2D eigenvalue weighted by Gasteiger charge is -2.13. The number of rotatable bonds is 3. The molecule has 1 N–H and O–H groups in total. The zero-order valence-corrected chi connectivity index (χ0v) is 10.5. The molecule has 3 nitrogen and oxygen atoms in total. The molecule has 1 atom stereocenters. The Kier molecular flexibility index (Phi) is 3.39. The van der Waals surface area contributed by atoms with E-state index in [0.717, 1.165) is 0 Å². The minimum atomic E-state index is -1.06. The van der Waals surface area contributed by atoms with Gasteiger partial charge in [-0.2, -0.15) is 0 Å². The SMILES string of the molecule is COc1cccc(C(O)c2cc(C)oc2C)c1F. The van der Waals surface area contributed by atoms with E-state index in [4.69, 9.17) is 9.15 Å². The number of ether oxygens (including phenoxy) is 1. The largest absolute Gasteiger partial charge is 0.494 e. The van der Waals surface area contributed by atoms with Gasteiger partial charge in [-0.1, -0.05) is 12.1 Å². The lowest BCUT2D eigenvalue weighted by Crippen LogP contribution is -2.04. The lowest BCUT2D eigenvalue weighted by molar-refractivity contribution is 0.211. The van der Waals surface area contributed by atoms with Crippen LogP contribution in [0.25, 0.3) is 0 Å². The van der Waals surface area contributed by atoms with E-state index in [1.54, 1.807) is 26.0 Å². The second-order valence-electron chi connectivity index (χ2n) is 4.13. The fraction of sp³-hybridized carbons (Fsp3) is 0.286. The number of aliphatic hydroxyl groups is 1. The van der Waals surface area contributed by atoms with Crippen molar-refractivity contribution in [2.24, 2.45) is 0 Å². The lowest BCUT2D eigenvalue weighted by atomic mass is 10.0. The molecule has 2 aromatic rings. The molecule has 0 amide bonds. The van der Waals surface area contributed by atoms with Crippen LogP contribution in [0.2, 0.25) is 0 Å². The highest BCUT2D eigenvalue weighted by Crippen LogP contribution is 2.31. The summed E-state index contributed by atoms with van der Waals surface area (Å²) in [6.07, 6.45) is -1.06. The highest BCUT2D eigenvalue weighted by molar-refractivity contribution is 5.38. The molecule has 96 valence electrons. The van der Waals surface area contributed by atoms with E-state index in [-0.39, 0.29) is 11.3 Å². The van der Waals surface area contributed by atoms with Crippen molar-refractivity contribution in [3.63, 3.8) is 0 Å². The standard InChI is InChI=1S/C14H15FO3/c1-8-7-11(9(2)18-8)14(16)10-5-4-6-12(17-3)13(10)15/h4-7,14,16H,1-3H3. The molecule has 1 aromatic carbocycles. The molecule has 0 aliphatic heterocycles. The smallest absolute Gasteiger partial charge is 0.171 e. The average molecular weight is 250 g/mol. The van der Waals surface area contributed by atoms with Crippen molar-refractivity contribution in [1.29, 1.82) is 0 Å². The van der Waals surface area contributed by atoms with Gasteiger partial charge in [-0.25, -0.2) is 4.39 Å². The molecular weight excluding hydrogens is 235 g/mol. The van der Waals surface area contributed by atoms with Crippen LogP contribution in [-0.2, 0) is 0 Å². The van der Waals surface area contributed by atoms with Gasteiger partial charge in [0.1, 0.15) is 17.6 Å². The van der Waals surface area contributed by atoms with Crippen LogP contribution in [0.15, 0.2) is 28.7 Å². The third-order valence-corrected chi connectivity index (χ3v) is 2.88. The van der Waals surface area contributed by atoms with Gasteiger partial charge in [-0.15, -0.1) is 0 Å². The van der Waals surface area contributed by atoms with E-state index in [2.05, 4.69) is 0 Å². The summed E-state index contributed by atoms with van der Waals surface area (Å²) in [6, 6.07) is 6.39. The molecule has 2 rings (SSSR count). The van der Waals surface area contributed by atoms with Gasteiger partial charge in [0, 0.05) is 11.1 Å². The molecule has 1 aromatic heterocycles. The summed E-state index contributed by atoms with van der Waals surface area (Å²) < 4.78 is 24.3. The summed E-state index contributed by atoms with van der Waals surface area (Å²) in [7, 11) is 1.39. The first kappa shape index (κ1) is 12.6. The third-order valence-electron chi connectivity index (χ3n) is 2.88. The van der Waals surface area contributed by atoms with Gasteiger partial charge in [0.05, 0.1) is 7.11 Å². The fourth-order valence-electron chi connectivity index (χ4n) is 1.99. The number of halogens is 1. The summed E-state index contributed by atoms with van der Waals surface area (Å²) in [6.45, 7) is 3.52. The second kappa shape index (κ2) is 4.82. The minimum Gasteiger partial charge on any atom is -0.494 e. The Labute approximate surface area is 105 Å². The van der Waals surface area contributed by atoms with E-state index < -0.39 is 11.9 Å². The van der Waals surface area contributed by atoms with Gasteiger partial charge in [0.2, 0.25) is 0 Å². The summed E-state index contributed by atoms with van der Waals surface area (Å²) in [5.41, 5.74) is 0.748. The Morgan fingerprint density at radius 3 is 2.56 bits per heavy atom. The van der Waals surface area contributed by atoms with Crippen molar-refractivity contribution in [3.8, 4) is 5.75 Å². The summed E-state index contributed by atoms with van der Waals surface area (Å²) >= 11 is 0. The van der Waals surface area contributed by atoms with E-state index in [9.17, 15) is 9.50 Å². The maximum absolute atomic E-state index is 14.0. The predicted molar refractivity (Wildman–Crippen MR) is 65.2 cm³/mol. The molecule has 0 radical (unpaired) electrons. The van der Waals surface area contributed by atoms with Crippen LogP contribution < -0.4 is 4.74 Å². The number of aliphatic hydroxyl groups excluding tert-OH is 1. The Morgan fingerprint density at radius 1 is 1.28 bits per heavy atom. The van der Waals surface area contributed by atoms with E-state index in [1.807, 2.05) is 0 Å². The quantitative estimate of drug-likeness (QED) is 0.910. The molecule has 1 heterocycles. The molecule has 4 heteroatoms. The topological polar surface area (TPSA) is 42.6 Å².